The Morgan fingerprint density at radius 1 is 1.27 bits per heavy atom. The summed E-state index contributed by atoms with van der Waals surface area (Å²) >= 11 is 1.43. The maximum atomic E-state index is 12.6. The predicted molar refractivity (Wildman–Crippen MR) is 83.8 cm³/mol. The van der Waals surface area contributed by atoms with Crippen LogP contribution in [0.1, 0.15) is 12.1 Å². The Balaban J connectivity index is 1.99. The molecule has 0 aliphatic rings. The third-order valence-electron chi connectivity index (χ3n) is 3.21. The highest BCUT2D eigenvalue weighted by Crippen LogP contribution is 2.21. The van der Waals surface area contributed by atoms with Crippen molar-refractivity contribution >= 4 is 22.7 Å². The number of fused-ring (bicyclic) bond motifs is 1. The molecule has 0 amide bonds. The van der Waals surface area contributed by atoms with Gasteiger partial charge in [0.2, 0.25) is 0 Å². The van der Waals surface area contributed by atoms with E-state index in [2.05, 4.69) is 10.1 Å². The standard InChI is InChI=1S/C15H15N3O3S/c19-8-3-7-18-14(20)12-4-1-2-5-13(12)16-15(18)22-10-11-6-9-21-17-11/h1-2,4-6,9,19H,3,7-8,10H2. The largest absolute Gasteiger partial charge is 0.396 e. The number of para-hydroxylation sites is 1. The van der Waals surface area contributed by atoms with Crippen LogP contribution in [0.5, 0.6) is 0 Å². The van der Waals surface area contributed by atoms with Crippen molar-refractivity contribution in [3.63, 3.8) is 0 Å². The highest BCUT2D eigenvalue weighted by Gasteiger charge is 2.12. The van der Waals surface area contributed by atoms with E-state index in [-0.39, 0.29) is 12.2 Å². The number of aliphatic hydroxyl groups excluding tert-OH is 1. The van der Waals surface area contributed by atoms with Gasteiger partial charge in [0, 0.05) is 25.0 Å². The molecule has 6 nitrogen and oxygen atoms in total. The molecule has 2 heterocycles. The normalized spacial score (nSPS) is 11.1. The smallest absolute Gasteiger partial charge is 0.262 e. The number of aliphatic hydroxyl groups is 1. The summed E-state index contributed by atoms with van der Waals surface area (Å²) in [5, 5.41) is 14.1. The zero-order chi connectivity index (χ0) is 15.4. The van der Waals surface area contributed by atoms with Gasteiger partial charge in [-0.1, -0.05) is 29.1 Å². The van der Waals surface area contributed by atoms with Crippen molar-refractivity contribution in [3.8, 4) is 0 Å². The summed E-state index contributed by atoms with van der Waals surface area (Å²) in [7, 11) is 0. The molecule has 0 atom stereocenters. The van der Waals surface area contributed by atoms with Crippen LogP contribution in [0.4, 0.5) is 0 Å². The van der Waals surface area contributed by atoms with Gasteiger partial charge in [-0.3, -0.25) is 9.36 Å². The first-order chi connectivity index (χ1) is 10.8. The van der Waals surface area contributed by atoms with Gasteiger partial charge in [-0.2, -0.15) is 0 Å². The minimum atomic E-state index is -0.0818. The summed E-state index contributed by atoms with van der Waals surface area (Å²) in [6.45, 7) is 0.473. The Bertz CT molecular complexity index is 815. The minimum absolute atomic E-state index is 0.0344. The van der Waals surface area contributed by atoms with E-state index in [0.29, 0.717) is 34.8 Å². The van der Waals surface area contributed by atoms with E-state index < -0.39 is 0 Å². The van der Waals surface area contributed by atoms with Gasteiger partial charge in [-0.15, -0.1) is 0 Å². The maximum absolute atomic E-state index is 12.6. The molecule has 3 aromatic rings. The van der Waals surface area contributed by atoms with E-state index in [9.17, 15) is 4.79 Å². The molecule has 0 saturated carbocycles. The van der Waals surface area contributed by atoms with Crippen molar-refractivity contribution in [1.82, 2.24) is 14.7 Å². The predicted octanol–water partition coefficient (Wildman–Crippen LogP) is 2.06. The molecule has 0 bridgehead atoms. The fourth-order valence-corrected chi connectivity index (χ4v) is 3.05. The van der Waals surface area contributed by atoms with Crippen LogP contribution in [0.3, 0.4) is 0 Å². The van der Waals surface area contributed by atoms with Gasteiger partial charge in [0.25, 0.3) is 5.56 Å². The van der Waals surface area contributed by atoms with Crippen LogP contribution in [-0.2, 0) is 12.3 Å². The SMILES string of the molecule is O=c1c2ccccc2nc(SCc2ccon2)n1CCCO. The number of thioether (sulfide) groups is 1. The molecule has 0 spiro atoms. The molecule has 0 saturated heterocycles. The van der Waals surface area contributed by atoms with Crippen molar-refractivity contribution in [2.75, 3.05) is 6.61 Å². The molecule has 114 valence electrons. The topological polar surface area (TPSA) is 81.2 Å². The highest BCUT2D eigenvalue weighted by molar-refractivity contribution is 7.98. The molecule has 0 fully saturated rings. The van der Waals surface area contributed by atoms with Gasteiger partial charge in [0.1, 0.15) is 6.26 Å². The van der Waals surface area contributed by atoms with Crippen molar-refractivity contribution in [3.05, 3.63) is 52.6 Å². The fraction of sp³-hybridized carbons (Fsp3) is 0.267. The number of hydrogen-bond donors (Lipinski definition) is 1. The quantitative estimate of drug-likeness (QED) is 0.553. The van der Waals surface area contributed by atoms with Gasteiger partial charge < -0.3 is 9.63 Å². The summed E-state index contributed by atoms with van der Waals surface area (Å²) in [6.07, 6.45) is 2.03. The number of aromatic nitrogens is 3. The van der Waals surface area contributed by atoms with Crippen LogP contribution < -0.4 is 5.56 Å². The number of rotatable bonds is 6. The Morgan fingerprint density at radius 3 is 2.91 bits per heavy atom. The van der Waals surface area contributed by atoms with Gasteiger partial charge in [-0.25, -0.2) is 4.98 Å². The summed E-state index contributed by atoms with van der Waals surface area (Å²) in [5.74, 6) is 0.570. The number of hydrogen-bond acceptors (Lipinski definition) is 6. The summed E-state index contributed by atoms with van der Waals surface area (Å²) in [5.41, 5.74) is 1.39. The molecule has 2 aromatic heterocycles. The molecule has 0 aliphatic carbocycles. The zero-order valence-electron chi connectivity index (χ0n) is 11.8. The molecular formula is C15H15N3O3S. The molecule has 1 N–H and O–H groups in total. The van der Waals surface area contributed by atoms with E-state index in [4.69, 9.17) is 9.63 Å². The average molecular weight is 317 g/mol. The number of benzene rings is 1. The molecule has 22 heavy (non-hydrogen) atoms. The summed E-state index contributed by atoms with van der Waals surface area (Å²) in [4.78, 5) is 17.2. The van der Waals surface area contributed by atoms with Gasteiger partial charge in [0.15, 0.2) is 5.16 Å². The Kier molecular flexibility index (Phi) is 4.55. The third kappa shape index (κ3) is 3.05. The Hall–Kier alpha value is -2.12. The van der Waals surface area contributed by atoms with Crippen LogP contribution in [0.2, 0.25) is 0 Å². The van der Waals surface area contributed by atoms with Crippen LogP contribution in [0.25, 0.3) is 10.9 Å². The third-order valence-corrected chi connectivity index (χ3v) is 4.22. The van der Waals surface area contributed by atoms with Crippen LogP contribution in [-0.4, -0.2) is 26.4 Å². The van der Waals surface area contributed by atoms with E-state index in [1.807, 2.05) is 18.2 Å². The first-order valence-electron chi connectivity index (χ1n) is 6.92. The fourth-order valence-electron chi connectivity index (χ4n) is 2.13. The second-order valence-corrected chi connectivity index (χ2v) is 5.67. The molecule has 0 unspecified atom stereocenters. The van der Waals surface area contributed by atoms with Gasteiger partial charge in [0.05, 0.1) is 16.6 Å². The van der Waals surface area contributed by atoms with Crippen LogP contribution in [0, 0.1) is 0 Å². The monoisotopic (exact) mass is 317 g/mol. The lowest BCUT2D eigenvalue weighted by Crippen LogP contribution is -2.24. The lowest BCUT2D eigenvalue weighted by Gasteiger charge is -2.12. The molecule has 0 radical (unpaired) electrons. The summed E-state index contributed by atoms with van der Waals surface area (Å²) < 4.78 is 6.42. The lowest BCUT2D eigenvalue weighted by molar-refractivity contribution is 0.276. The molecular weight excluding hydrogens is 302 g/mol. The van der Waals surface area contributed by atoms with Crippen molar-refractivity contribution < 1.29 is 9.63 Å². The molecule has 0 aliphatic heterocycles. The second-order valence-electron chi connectivity index (χ2n) is 4.72. The lowest BCUT2D eigenvalue weighted by atomic mass is 10.2. The Labute approximate surface area is 130 Å². The average Bonchev–Trinajstić information content (AvgIpc) is 3.06. The van der Waals surface area contributed by atoms with E-state index >= 15 is 0 Å². The Morgan fingerprint density at radius 2 is 2.14 bits per heavy atom. The van der Waals surface area contributed by atoms with Crippen molar-refractivity contribution in [2.45, 2.75) is 23.9 Å². The molecule has 3 rings (SSSR count). The highest BCUT2D eigenvalue weighted by atomic mass is 32.2. The van der Waals surface area contributed by atoms with Crippen LogP contribution in [0.15, 0.2) is 51.1 Å². The van der Waals surface area contributed by atoms with Gasteiger partial charge >= 0.3 is 0 Å². The zero-order valence-corrected chi connectivity index (χ0v) is 12.6. The van der Waals surface area contributed by atoms with Crippen molar-refractivity contribution in [2.24, 2.45) is 0 Å². The van der Waals surface area contributed by atoms with Gasteiger partial charge in [-0.05, 0) is 18.6 Å². The first kappa shape index (κ1) is 14.8. The maximum Gasteiger partial charge on any atom is 0.262 e. The van der Waals surface area contributed by atoms with E-state index in [0.717, 1.165) is 5.69 Å². The van der Waals surface area contributed by atoms with Crippen LogP contribution >= 0.6 is 11.8 Å². The summed E-state index contributed by atoms with van der Waals surface area (Å²) in [6, 6.07) is 9.06. The molecule has 7 heteroatoms. The second kappa shape index (κ2) is 6.76. The number of nitrogens with zero attached hydrogens (tertiary/aromatic N) is 3. The van der Waals surface area contributed by atoms with E-state index in [1.165, 1.54) is 18.0 Å². The first-order valence-corrected chi connectivity index (χ1v) is 7.90. The minimum Gasteiger partial charge on any atom is -0.396 e. The van der Waals surface area contributed by atoms with E-state index in [1.54, 1.807) is 16.7 Å². The van der Waals surface area contributed by atoms with Crippen molar-refractivity contribution in [1.29, 1.82) is 0 Å². The molecule has 1 aromatic carbocycles.